The summed E-state index contributed by atoms with van der Waals surface area (Å²) in [4.78, 5) is 7.86. The third-order valence-electron chi connectivity index (χ3n) is 2.90. The lowest BCUT2D eigenvalue weighted by atomic mass is 10.2. The molecule has 0 radical (unpaired) electrons. The number of H-pyrrole nitrogens is 1. The van der Waals surface area contributed by atoms with Crippen LogP contribution in [0, 0.1) is 6.92 Å². The summed E-state index contributed by atoms with van der Waals surface area (Å²) in [6.45, 7) is 2.04. The molecule has 0 aliphatic heterocycles. The Bertz CT molecular complexity index is 732. The molecule has 90 valence electrons. The number of benzene rings is 2. The molecule has 2 nitrogen and oxygen atoms in total. The number of nitrogens with one attached hydrogen (secondary N) is 1. The molecule has 1 N–H and O–H groups in total. The first-order valence-corrected chi connectivity index (χ1v) is 6.31. The fraction of sp³-hybridized carbons (Fsp3) is 0.0714. The lowest BCUT2D eigenvalue weighted by molar-refractivity contribution is 1.33. The van der Waals surface area contributed by atoms with Gasteiger partial charge in [-0.3, -0.25) is 0 Å². The van der Waals surface area contributed by atoms with Crippen LogP contribution in [0.4, 0.5) is 0 Å². The normalized spacial score (nSPS) is 11.1. The van der Waals surface area contributed by atoms with Crippen molar-refractivity contribution in [3.8, 4) is 11.4 Å². The summed E-state index contributed by atoms with van der Waals surface area (Å²) in [5, 5.41) is 1.22. The van der Waals surface area contributed by atoms with Crippen LogP contribution in [0.3, 0.4) is 0 Å². The minimum Gasteiger partial charge on any atom is -0.338 e. The Hall–Kier alpha value is -1.51. The Kier molecular flexibility index (Phi) is 2.77. The van der Waals surface area contributed by atoms with E-state index < -0.39 is 0 Å². The summed E-state index contributed by atoms with van der Waals surface area (Å²) >= 11 is 12.1. The Morgan fingerprint density at radius 2 is 1.94 bits per heavy atom. The van der Waals surface area contributed by atoms with E-state index in [-0.39, 0.29) is 0 Å². The minimum atomic E-state index is 0.596. The van der Waals surface area contributed by atoms with E-state index in [0.29, 0.717) is 10.0 Å². The van der Waals surface area contributed by atoms with Crippen LogP contribution in [-0.2, 0) is 0 Å². The molecule has 2 aromatic carbocycles. The monoisotopic (exact) mass is 276 g/mol. The van der Waals surface area contributed by atoms with Crippen molar-refractivity contribution >= 4 is 34.2 Å². The van der Waals surface area contributed by atoms with E-state index in [1.165, 1.54) is 0 Å². The van der Waals surface area contributed by atoms with Crippen LogP contribution in [-0.4, -0.2) is 9.97 Å². The van der Waals surface area contributed by atoms with Crippen LogP contribution in [0.2, 0.25) is 10.0 Å². The van der Waals surface area contributed by atoms with E-state index >= 15 is 0 Å². The summed E-state index contributed by atoms with van der Waals surface area (Å²) < 4.78 is 0. The number of hydrogen-bond donors (Lipinski definition) is 1. The molecule has 0 unspecified atom stereocenters. The van der Waals surface area contributed by atoms with Crippen molar-refractivity contribution in [3.63, 3.8) is 0 Å². The van der Waals surface area contributed by atoms with Gasteiger partial charge in [-0.05, 0) is 36.8 Å². The number of aromatic amines is 1. The summed E-state index contributed by atoms with van der Waals surface area (Å²) in [6.07, 6.45) is 0. The molecule has 18 heavy (non-hydrogen) atoms. The number of imidazole rings is 1. The number of aromatic nitrogens is 2. The second-order valence-corrected chi connectivity index (χ2v) is 5.02. The minimum absolute atomic E-state index is 0.596. The van der Waals surface area contributed by atoms with Crippen LogP contribution in [0.15, 0.2) is 36.4 Å². The van der Waals surface area contributed by atoms with Gasteiger partial charge in [0.05, 0.1) is 16.1 Å². The fourth-order valence-corrected chi connectivity index (χ4v) is 2.48. The highest BCUT2D eigenvalue weighted by Crippen LogP contribution is 2.30. The molecule has 4 heteroatoms. The third-order valence-corrected chi connectivity index (χ3v) is 3.45. The van der Waals surface area contributed by atoms with E-state index in [4.69, 9.17) is 23.2 Å². The van der Waals surface area contributed by atoms with Gasteiger partial charge >= 0.3 is 0 Å². The van der Waals surface area contributed by atoms with Crippen LogP contribution in [0.25, 0.3) is 22.4 Å². The van der Waals surface area contributed by atoms with Crippen molar-refractivity contribution in [1.82, 2.24) is 9.97 Å². The first-order valence-electron chi connectivity index (χ1n) is 5.56. The highest BCUT2D eigenvalue weighted by Gasteiger charge is 2.10. The average Bonchev–Trinajstić information content (AvgIpc) is 2.74. The Morgan fingerprint density at radius 1 is 1.11 bits per heavy atom. The maximum Gasteiger partial charge on any atom is 0.140 e. The van der Waals surface area contributed by atoms with Gasteiger partial charge in [-0.2, -0.15) is 0 Å². The third kappa shape index (κ3) is 1.88. The van der Waals surface area contributed by atoms with Crippen LogP contribution in [0.5, 0.6) is 0 Å². The SMILES string of the molecule is Cc1cccc2[nH]c(-c3ccc(Cl)cc3Cl)nc12. The predicted octanol–water partition coefficient (Wildman–Crippen LogP) is 4.85. The zero-order valence-electron chi connectivity index (χ0n) is 9.67. The van der Waals surface area contributed by atoms with E-state index in [2.05, 4.69) is 9.97 Å². The first kappa shape index (κ1) is 11.6. The maximum absolute atomic E-state index is 6.19. The number of fused-ring (bicyclic) bond motifs is 1. The van der Waals surface area contributed by atoms with Gasteiger partial charge in [-0.25, -0.2) is 4.98 Å². The Morgan fingerprint density at radius 3 is 2.67 bits per heavy atom. The summed E-state index contributed by atoms with van der Waals surface area (Å²) in [7, 11) is 0. The standard InChI is InChI=1S/C14H10Cl2N2/c1-8-3-2-4-12-13(8)18-14(17-12)10-6-5-9(15)7-11(10)16/h2-7H,1H3,(H,17,18). The van der Waals surface area contributed by atoms with Gasteiger partial charge in [0.2, 0.25) is 0 Å². The number of rotatable bonds is 1. The smallest absolute Gasteiger partial charge is 0.140 e. The number of hydrogen-bond acceptors (Lipinski definition) is 1. The Balaban J connectivity index is 2.23. The van der Waals surface area contributed by atoms with Crippen molar-refractivity contribution in [2.75, 3.05) is 0 Å². The molecule has 0 saturated heterocycles. The zero-order valence-corrected chi connectivity index (χ0v) is 11.2. The molecule has 1 heterocycles. The summed E-state index contributed by atoms with van der Waals surface area (Å²) in [5.74, 6) is 0.765. The van der Waals surface area contributed by atoms with Crippen LogP contribution in [0.1, 0.15) is 5.56 Å². The lowest BCUT2D eigenvalue weighted by Gasteiger charge is -2.00. The molecule has 0 spiro atoms. The topological polar surface area (TPSA) is 28.7 Å². The molecule has 0 amide bonds. The molecule has 0 atom stereocenters. The van der Waals surface area contributed by atoms with E-state index in [1.54, 1.807) is 6.07 Å². The van der Waals surface area contributed by atoms with Gasteiger partial charge in [0, 0.05) is 10.6 Å². The van der Waals surface area contributed by atoms with E-state index in [9.17, 15) is 0 Å². The largest absolute Gasteiger partial charge is 0.338 e. The quantitative estimate of drug-likeness (QED) is 0.677. The van der Waals surface area contributed by atoms with Crippen LogP contribution >= 0.6 is 23.2 Å². The molecule has 0 fully saturated rings. The van der Waals surface area contributed by atoms with Crippen molar-refractivity contribution < 1.29 is 0 Å². The molecular weight excluding hydrogens is 267 g/mol. The van der Waals surface area contributed by atoms with Crippen molar-refractivity contribution in [2.45, 2.75) is 6.92 Å². The maximum atomic E-state index is 6.19. The number of para-hydroxylation sites is 1. The number of halogens is 2. The van der Waals surface area contributed by atoms with Gasteiger partial charge in [0.15, 0.2) is 0 Å². The molecular formula is C14H10Cl2N2. The second-order valence-electron chi connectivity index (χ2n) is 4.18. The molecule has 0 bridgehead atoms. The summed E-state index contributed by atoms with van der Waals surface area (Å²) in [6, 6.07) is 11.4. The molecule has 1 aromatic heterocycles. The van der Waals surface area contributed by atoms with Crippen LogP contribution < -0.4 is 0 Å². The van der Waals surface area contributed by atoms with Gasteiger partial charge in [-0.15, -0.1) is 0 Å². The van der Waals surface area contributed by atoms with Gasteiger partial charge in [-0.1, -0.05) is 35.3 Å². The van der Waals surface area contributed by atoms with Gasteiger partial charge < -0.3 is 4.98 Å². The lowest BCUT2D eigenvalue weighted by Crippen LogP contribution is -1.82. The van der Waals surface area contributed by atoms with E-state index in [0.717, 1.165) is 28.0 Å². The second kappa shape index (κ2) is 4.30. The predicted molar refractivity (Wildman–Crippen MR) is 76.3 cm³/mol. The van der Waals surface area contributed by atoms with Gasteiger partial charge in [0.1, 0.15) is 5.82 Å². The number of aryl methyl sites for hydroxylation is 1. The molecule has 3 aromatic rings. The van der Waals surface area contributed by atoms with Crippen molar-refractivity contribution in [2.24, 2.45) is 0 Å². The average molecular weight is 277 g/mol. The number of nitrogens with zero attached hydrogens (tertiary/aromatic N) is 1. The van der Waals surface area contributed by atoms with E-state index in [1.807, 2.05) is 37.3 Å². The molecule has 3 rings (SSSR count). The van der Waals surface area contributed by atoms with Crippen molar-refractivity contribution in [3.05, 3.63) is 52.0 Å². The van der Waals surface area contributed by atoms with Gasteiger partial charge in [0.25, 0.3) is 0 Å². The highest BCUT2D eigenvalue weighted by molar-refractivity contribution is 6.36. The zero-order chi connectivity index (χ0) is 12.7. The summed E-state index contributed by atoms with van der Waals surface area (Å²) in [5.41, 5.74) is 3.98. The first-order chi connectivity index (χ1) is 8.65. The molecule has 0 saturated carbocycles. The molecule has 0 aliphatic rings. The highest BCUT2D eigenvalue weighted by atomic mass is 35.5. The fourth-order valence-electron chi connectivity index (χ4n) is 1.98. The van der Waals surface area contributed by atoms with Crippen molar-refractivity contribution in [1.29, 1.82) is 0 Å². The molecule has 0 aliphatic carbocycles. The Labute approximate surface area is 115 Å².